The number of anilines is 2. The molecule has 10 atom stereocenters. The Morgan fingerprint density at radius 1 is 0.806 bits per heavy atom. The van der Waals surface area contributed by atoms with E-state index in [1.54, 1.807) is 95.1 Å². The number of imidazole rings is 1. The van der Waals surface area contributed by atoms with Crippen LogP contribution in [0.25, 0.3) is 22.3 Å². The first kappa shape index (κ1) is 72.3. The summed E-state index contributed by atoms with van der Waals surface area (Å²) in [5.74, 6) is -0.582. The third kappa shape index (κ3) is 16.3. The van der Waals surface area contributed by atoms with Crippen molar-refractivity contribution in [2.45, 2.75) is 114 Å². The van der Waals surface area contributed by atoms with E-state index in [4.69, 9.17) is 58.0 Å². The Morgan fingerprint density at radius 2 is 1.42 bits per heavy atom. The molecule has 4 aromatic carbocycles. The molecule has 0 aliphatic carbocycles. The number of ether oxygens (including phenoxy) is 5. The van der Waals surface area contributed by atoms with Crippen molar-refractivity contribution in [2.24, 2.45) is 5.92 Å². The maximum absolute atomic E-state index is 18.5. The molecule has 9 aromatic rings. The standard InChI is InChI=1S/C60H69FN12O15P2SSi.C5H5N/c1-35(2)53(74)68-58-67-52-46(55(76)69-58)65-34-72(52)57-49(86-89(77)78)48(88-92(8,9)59(3,4)5)43(85-57)32-83-90(91,82-30-16-29-62)87-47-42(84-56(44(47)61)73-51-45(70-71-73)50(63-33-64-51)66-54(75)36-17-12-10-13-18-36)31-81-60(37-19-14-11-15-20-37,38-21-25-40(79-6)26-22-38)39-23-27-41(80-7)28-24-39;1-2-4-6-5-3-1/h10-15,17-28,33-35,42-44,47-49,56-57,89H,16,30-32H2,1-9H3,(H,77,78)(H,63,64,66,75)(H2,67,68,69,74,76);1-5H/t42-,43-,44+,47-,48-,49+,56-,57-,90?;/m1./s1. The number of hydrogen-bond donors (Lipinski definition) is 4. The number of fused-ring (bicyclic) bond motifs is 2. The number of rotatable bonds is 26. The van der Waals surface area contributed by atoms with Gasteiger partial charge in [0.15, 0.2) is 55.1 Å². The smallest absolute Gasteiger partial charge is 0.327 e. The Bertz CT molecular complexity index is 4290. The summed E-state index contributed by atoms with van der Waals surface area (Å²) in [7, 11) is -3.67. The first-order valence-corrected chi connectivity index (χ1v) is 37.7. The number of nitrogens with one attached hydrogen (secondary N) is 3. The van der Waals surface area contributed by atoms with Gasteiger partial charge in [-0.15, -0.1) is 5.10 Å². The number of halogens is 1. The van der Waals surface area contributed by atoms with E-state index in [0.29, 0.717) is 33.8 Å². The van der Waals surface area contributed by atoms with Crippen LogP contribution in [0.1, 0.15) is 80.5 Å². The molecule has 2 fully saturated rings. The minimum absolute atomic E-state index is 0.0113. The van der Waals surface area contributed by atoms with Crippen molar-refractivity contribution in [3.8, 4) is 17.6 Å². The Kier molecular flexibility index (Phi) is 23.3. The van der Waals surface area contributed by atoms with Crippen LogP contribution < -0.4 is 25.7 Å². The second-order valence-corrected chi connectivity index (χ2v) is 32.8. The third-order valence-corrected chi connectivity index (χ3v) is 23.9. The fourth-order valence-electron chi connectivity index (χ4n) is 10.6. The number of nitrogens with zero attached hydrogens (tertiary/aromatic N) is 10. The second-order valence-electron chi connectivity index (χ2n) is 24.3. The van der Waals surface area contributed by atoms with Gasteiger partial charge in [-0.3, -0.25) is 47.8 Å². The molecule has 33 heteroatoms. The van der Waals surface area contributed by atoms with Crippen LogP contribution in [0.2, 0.25) is 18.1 Å². The first-order valence-electron chi connectivity index (χ1n) is 31.0. The van der Waals surface area contributed by atoms with E-state index in [0.717, 1.165) is 11.0 Å². The quantitative estimate of drug-likeness (QED) is 0.0169. The van der Waals surface area contributed by atoms with Gasteiger partial charge in [-0.05, 0) is 95.2 Å². The number of methoxy groups -OCH3 is 2. The molecule has 5 aromatic heterocycles. The van der Waals surface area contributed by atoms with E-state index in [1.807, 2.05) is 113 Å². The van der Waals surface area contributed by atoms with Crippen molar-refractivity contribution < 1.29 is 69.6 Å². The molecule has 11 rings (SSSR count). The highest BCUT2D eigenvalue weighted by atomic mass is 32.5. The molecule has 2 amide bonds. The number of nitriles is 1. The molecule has 0 radical (unpaired) electrons. The van der Waals surface area contributed by atoms with Crippen molar-refractivity contribution in [1.82, 2.24) is 49.5 Å². The second kappa shape index (κ2) is 31.6. The highest BCUT2D eigenvalue weighted by Gasteiger charge is 2.55. The number of aromatic amines is 1. The van der Waals surface area contributed by atoms with Gasteiger partial charge >= 0.3 is 15.0 Å². The number of aromatic nitrogens is 10. The molecule has 28 nitrogen and oxygen atoms in total. The molecule has 7 heterocycles. The lowest BCUT2D eigenvalue weighted by Gasteiger charge is -2.40. The highest BCUT2D eigenvalue weighted by Crippen LogP contribution is 2.56. The van der Waals surface area contributed by atoms with E-state index in [1.165, 1.54) is 10.9 Å². The van der Waals surface area contributed by atoms with E-state index < -0.39 is 120 Å². The number of alkyl halides is 1. The average molecular weight is 1420 g/mol. The van der Waals surface area contributed by atoms with Crippen molar-refractivity contribution in [2.75, 3.05) is 44.7 Å². The molecule has 516 valence electrons. The average Bonchev–Trinajstić information content (AvgIpc) is 1.41. The van der Waals surface area contributed by atoms with Gasteiger partial charge in [0, 0.05) is 23.9 Å². The molecule has 0 bridgehead atoms. The molecular weight excluding hydrogens is 1340 g/mol. The third-order valence-electron chi connectivity index (χ3n) is 16.6. The molecular formula is C65H74FN13O15P2SSi. The molecule has 2 aliphatic rings. The Balaban J connectivity index is 0.00000164. The van der Waals surface area contributed by atoms with Crippen molar-refractivity contribution >= 4 is 81.0 Å². The van der Waals surface area contributed by atoms with Crippen LogP contribution in [0.3, 0.4) is 0 Å². The van der Waals surface area contributed by atoms with Crippen molar-refractivity contribution in [3.63, 3.8) is 0 Å². The first-order chi connectivity index (χ1) is 47.0. The summed E-state index contributed by atoms with van der Waals surface area (Å²) >= 11 is 6.25. The number of amides is 2. The van der Waals surface area contributed by atoms with Crippen LogP contribution in [-0.2, 0) is 63.5 Å². The largest absolute Gasteiger partial charge is 0.497 e. The van der Waals surface area contributed by atoms with Crippen LogP contribution in [0.15, 0.2) is 157 Å². The zero-order valence-electron chi connectivity index (χ0n) is 54.8. The van der Waals surface area contributed by atoms with Gasteiger partial charge in [-0.25, -0.2) is 19.3 Å². The summed E-state index contributed by atoms with van der Waals surface area (Å²) in [4.78, 5) is 74.1. The van der Waals surface area contributed by atoms with E-state index in [-0.39, 0.29) is 47.1 Å². The van der Waals surface area contributed by atoms with Crippen LogP contribution in [0.4, 0.5) is 16.2 Å². The lowest BCUT2D eigenvalue weighted by Crippen LogP contribution is -2.50. The van der Waals surface area contributed by atoms with Gasteiger partial charge in [0.2, 0.25) is 11.9 Å². The zero-order chi connectivity index (χ0) is 69.9. The van der Waals surface area contributed by atoms with Gasteiger partial charge in [0.05, 0.1) is 52.9 Å². The monoisotopic (exact) mass is 1420 g/mol. The van der Waals surface area contributed by atoms with Crippen LogP contribution in [0, 0.1) is 17.2 Å². The van der Waals surface area contributed by atoms with E-state index in [9.17, 15) is 29.1 Å². The Labute approximate surface area is 569 Å². The summed E-state index contributed by atoms with van der Waals surface area (Å²) < 4.78 is 98.3. The number of carbonyl (C=O) groups is 2. The van der Waals surface area contributed by atoms with E-state index >= 15 is 4.39 Å². The molecule has 0 saturated carbocycles. The number of hydrogen-bond acceptors (Lipinski definition) is 23. The maximum Gasteiger partial charge on any atom is 0.327 e. The fraction of sp³-hybridized carbons (Fsp3) is 0.369. The normalized spacial score (nSPS) is 20.4. The Hall–Kier alpha value is -8.44. The SMILES string of the molecule is COc1ccc(C(OC[C@H]2O[C@@H](n3nnc4c(NC(=O)c5ccccc5)ncnc43)[C@@H](F)[C@@H]2OP(=S)(OCCC#N)OC[C@H]2O[C@@H](n3cnc4c(=O)[nH]c(NC(=O)C(C)C)nc43)[C@@H](O[PH](=O)O)[C@@H]2O[Si](C)(C)C(C)(C)C)(c2ccccc2)c2ccc(OC)cc2)cc1.c1ccncc1. The summed E-state index contributed by atoms with van der Waals surface area (Å²) in [6.45, 7) is 7.27. The van der Waals surface area contributed by atoms with Gasteiger partial charge < -0.3 is 47.4 Å². The number of H-pyrrole nitrogens is 1. The van der Waals surface area contributed by atoms with Crippen molar-refractivity contribution in [3.05, 3.63) is 185 Å². The lowest BCUT2D eigenvalue weighted by molar-refractivity contribution is -0.118. The number of benzene rings is 4. The minimum atomic E-state index is -4.42. The number of pyridine rings is 1. The molecule has 98 heavy (non-hydrogen) atoms. The van der Waals surface area contributed by atoms with Crippen LogP contribution in [0.5, 0.6) is 11.5 Å². The van der Waals surface area contributed by atoms with Gasteiger partial charge in [-0.1, -0.05) is 119 Å². The predicted octanol–water partition coefficient (Wildman–Crippen LogP) is 10.2. The molecule has 0 spiro atoms. The molecule has 2 aliphatic heterocycles. The van der Waals surface area contributed by atoms with Crippen molar-refractivity contribution in [1.29, 1.82) is 5.26 Å². The fourth-order valence-corrected chi connectivity index (χ4v) is 14.5. The highest BCUT2D eigenvalue weighted by molar-refractivity contribution is 8.07. The lowest BCUT2D eigenvalue weighted by atomic mass is 9.80. The molecule has 2 saturated heterocycles. The van der Waals surface area contributed by atoms with Crippen LogP contribution in [-0.4, -0.2) is 145 Å². The molecule has 2 unspecified atom stereocenters. The van der Waals surface area contributed by atoms with E-state index in [2.05, 4.69) is 50.8 Å². The zero-order valence-corrected chi connectivity index (χ0v) is 58.5. The summed E-state index contributed by atoms with van der Waals surface area (Å²) in [6, 6.07) is 39.9. The summed E-state index contributed by atoms with van der Waals surface area (Å²) in [6.07, 6.45) is -6.96. The van der Waals surface area contributed by atoms with Gasteiger partial charge in [0.25, 0.3) is 11.5 Å². The van der Waals surface area contributed by atoms with Crippen LogP contribution >= 0.6 is 15.0 Å². The Morgan fingerprint density at radius 3 is 2.00 bits per heavy atom. The maximum atomic E-state index is 18.5. The minimum Gasteiger partial charge on any atom is -0.497 e. The number of carbonyl (C=O) groups excluding carboxylic acids is 2. The van der Waals surface area contributed by atoms with Gasteiger partial charge in [-0.2, -0.15) is 14.9 Å². The summed E-state index contributed by atoms with van der Waals surface area (Å²) in [5.41, 5.74) is -0.313. The van der Waals surface area contributed by atoms with Gasteiger partial charge in [0.1, 0.15) is 53.9 Å². The molecule has 4 N–H and O–H groups in total. The summed E-state index contributed by atoms with van der Waals surface area (Å²) in [5, 5.41) is 23.3. The predicted molar refractivity (Wildman–Crippen MR) is 364 cm³/mol. The topological polar surface area (TPSA) is 345 Å².